The lowest BCUT2D eigenvalue weighted by Crippen LogP contribution is -2.46. The predicted octanol–water partition coefficient (Wildman–Crippen LogP) is 1.94. The van der Waals surface area contributed by atoms with Crippen LogP contribution >= 0.6 is 0 Å². The maximum absolute atomic E-state index is 5.69. The molecule has 2 rings (SSSR count). The van der Waals surface area contributed by atoms with Gasteiger partial charge in [-0.1, -0.05) is 6.92 Å². The van der Waals surface area contributed by atoms with Crippen LogP contribution < -0.4 is 5.32 Å². The zero-order chi connectivity index (χ0) is 9.47. The van der Waals surface area contributed by atoms with Gasteiger partial charge in [0.05, 0.1) is 12.2 Å². The van der Waals surface area contributed by atoms with Gasteiger partial charge in [0.25, 0.3) is 0 Å². The van der Waals surface area contributed by atoms with Gasteiger partial charge in [0.15, 0.2) is 0 Å². The van der Waals surface area contributed by atoms with Gasteiger partial charge in [0.1, 0.15) is 0 Å². The highest BCUT2D eigenvalue weighted by atomic mass is 16.5. The molecule has 1 atom stereocenters. The summed E-state index contributed by atoms with van der Waals surface area (Å²) in [7, 11) is 0. The number of ether oxygens (including phenoxy) is 1. The van der Waals surface area contributed by atoms with E-state index in [1.54, 1.807) is 0 Å². The summed E-state index contributed by atoms with van der Waals surface area (Å²) in [5.74, 6) is 0.938. The van der Waals surface area contributed by atoms with E-state index in [9.17, 15) is 0 Å². The quantitative estimate of drug-likeness (QED) is 0.706. The smallest absolute Gasteiger partial charge is 0.0643 e. The average molecular weight is 183 g/mol. The van der Waals surface area contributed by atoms with Crippen molar-refractivity contribution in [3.63, 3.8) is 0 Å². The monoisotopic (exact) mass is 183 g/mol. The summed E-state index contributed by atoms with van der Waals surface area (Å²) in [4.78, 5) is 0. The standard InChI is InChI=1S/C11H21NO/c1-8-4-9(5-8)12-10-6-11(2,3)13-7-10/h8-10,12H,4-7H2,1-3H3. The van der Waals surface area contributed by atoms with Crippen molar-refractivity contribution in [2.45, 2.75) is 57.7 Å². The molecule has 1 N–H and O–H groups in total. The average Bonchev–Trinajstić information content (AvgIpc) is 2.27. The summed E-state index contributed by atoms with van der Waals surface area (Å²) in [5.41, 5.74) is 0.104. The van der Waals surface area contributed by atoms with Crippen LogP contribution in [0, 0.1) is 5.92 Å². The first-order chi connectivity index (χ1) is 6.05. The van der Waals surface area contributed by atoms with Crippen LogP contribution in [0.1, 0.15) is 40.0 Å². The van der Waals surface area contributed by atoms with Crippen LogP contribution in [-0.2, 0) is 4.74 Å². The van der Waals surface area contributed by atoms with E-state index in [0.717, 1.165) is 25.0 Å². The molecule has 0 aromatic rings. The number of rotatable bonds is 2. The minimum Gasteiger partial charge on any atom is -0.374 e. The predicted molar refractivity (Wildman–Crippen MR) is 53.8 cm³/mol. The molecule has 76 valence electrons. The van der Waals surface area contributed by atoms with E-state index in [-0.39, 0.29) is 5.60 Å². The normalized spacial score (nSPS) is 43.2. The largest absolute Gasteiger partial charge is 0.374 e. The Morgan fingerprint density at radius 2 is 1.92 bits per heavy atom. The zero-order valence-electron chi connectivity index (χ0n) is 8.97. The molecule has 2 aliphatic rings. The third-order valence-electron chi connectivity index (χ3n) is 3.26. The molecule has 1 saturated heterocycles. The molecule has 0 bridgehead atoms. The van der Waals surface area contributed by atoms with Crippen molar-refractivity contribution >= 4 is 0 Å². The fourth-order valence-corrected chi connectivity index (χ4v) is 2.52. The van der Waals surface area contributed by atoms with E-state index >= 15 is 0 Å². The summed E-state index contributed by atoms with van der Waals surface area (Å²) >= 11 is 0. The molecular formula is C11H21NO. The number of nitrogens with one attached hydrogen (secondary N) is 1. The van der Waals surface area contributed by atoms with E-state index in [0.29, 0.717) is 6.04 Å². The lowest BCUT2D eigenvalue weighted by atomic mass is 9.81. The molecule has 2 fully saturated rings. The summed E-state index contributed by atoms with van der Waals surface area (Å²) < 4.78 is 5.69. The van der Waals surface area contributed by atoms with Crippen LogP contribution in [0.3, 0.4) is 0 Å². The maximum atomic E-state index is 5.69. The first kappa shape index (κ1) is 9.47. The molecule has 0 amide bonds. The topological polar surface area (TPSA) is 21.3 Å². The van der Waals surface area contributed by atoms with Crippen molar-refractivity contribution in [2.24, 2.45) is 5.92 Å². The Hall–Kier alpha value is -0.0800. The highest BCUT2D eigenvalue weighted by Crippen LogP contribution is 2.30. The van der Waals surface area contributed by atoms with Gasteiger partial charge in [-0.25, -0.2) is 0 Å². The molecule has 1 aliphatic heterocycles. The minimum absolute atomic E-state index is 0.104. The second-order valence-electron chi connectivity index (χ2n) is 5.41. The van der Waals surface area contributed by atoms with Gasteiger partial charge in [0.2, 0.25) is 0 Å². The summed E-state index contributed by atoms with van der Waals surface area (Å²) in [6, 6.07) is 1.38. The first-order valence-corrected chi connectivity index (χ1v) is 5.45. The Labute approximate surface area is 81.0 Å². The van der Waals surface area contributed by atoms with Gasteiger partial charge in [-0.15, -0.1) is 0 Å². The Bertz CT molecular complexity index is 185. The lowest BCUT2D eigenvalue weighted by molar-refractivity contribution is 0.0352. The van der Waals surface area contributed by atoms with Crippen molar-refractivity contribution in [3.05, 3.63) is 0 Å². The van der Waals surface area contributed by atoms with Crippen LogP contribution in [0.4, 0.5) is 0 Å². The molecule has 1 saturated carbocycles. The van der Waals surface area contributed by atoms with Gasteiger partial charge in [0, 0.05) is 12.1 Å². The van der Waals surface area contributed by atoms with Crippen LogP contribution in [0.25, 0.3) is 0 Å². The first-order valence-electron chi connectivity index (χ1n) is 5.45. The van der Waals surface area contributed by atoms with Crippen molar-refractivity contribution in [1.29, 1.82) is 0 Å². The Balaban J connectivity index is 1.72. The fraction of sp³-hybridized carbons (Fsp3) is 1.00. The van der Waals surface area contributed by atoms with Crippen molar-refractivity contribution in [3.8, 4) is 0 Å². The van der Waals surface area contributed by atoms with E-state index in [2.05, 4.69) is 26.1 Å². The van der Waals surface area contributed by atoms with Crippen molar-refractivity contribution in [2.75, 3.05) is 6.61 Å². The Kier molecular flexibility index (Phi) is 2.37. The second kappa shape index (κ2) is 3.25. The van der Waals surface area contributed by atoms with Crippen LogP contribution in [0.15, 0.2) is 0 Å². The molecule has 0 aromatic carbocycles. The Morgan fingerprint density at radius 1 is 1.23 bits per heavy atom. The second-order valence-corrected chi connectivity index (χ2v) is 5.41. The zero-order valence-corrected chi connectivity index (χ0v) is 8.97. The Morgan fingerprint density at radius 3 is 2.38 bits per heavy atom. The molecule has 0 spiro atoms. The lowest BCUT2D eigenvalue weighted by Gasteiger charge is -2.35. The summed E-state index contributed by atoms with van der Waals surface area (Å²) in [6.45, 7) is 7.58. The number of hydrogen-bond donors (Lipinski definition) is 1. The van der Waals surface area contributed by atoms with E-state index < -0.39 is 0 Å². The van der Waals surface area contributed by atoms with Crippen LogP contribution in [0.5, 0.6) is 0 Å². The van der Waals surface area contributed by atoms with E-state index in [4.69, 9.17) is 4.74 Å². The maximum Gasteiger partial charge on any atom is 0.0643 e. The molecule has 1 unspecified atom stereocenters. The molecule has 1 aliphatic carbocycles. The summed E-state index contributed by atoms with van der Waals surface area (Å²) in [6.07, 6.45) is 3.88. The molecule has 0 aromatic heterocycles. The highest BCUT2D eigenvalue weighted by molar-refractivity contribution is 4.91. The molecule has 0 radical (unpaired) electrons. The fourth-order valence-electron chi connectivity index (χ4n) is 2.52. The molecule has 13 heavy (non-hydrogen) atoms. The minimum atomic E-state index is 0.104. The van der Waals surface area contributed by atoms with Gasteiger partial charge in [-0.2, -0.15) is 0 Å². The van der Waals surface area contributed by atoms with E-state index in [1.807, 2.05) is 0 Å². The summed E-state index contributed by atoms with van der Waals surface area (Å²) in [5, 5.41) is 3.68. The van der Waals surface area contributed by atoms with Crippen molar-refractivity contribution in [1.82, 2.24) is 5.32 Å². The molecule has 2 nitrogen and oxygen atoms in total. The molecule has 2 heteroatoms. The third kappa shape index (κ3) is 2.23. The highest BCUT2D eigenvalue weighted by Gasteiger charge is 2.35. The van der Waals surface area contributed by atoms with Gasteiger partial charge >= 0.3 is 0 Å². The molecular weight excluding hydrogens is 162 g/mol. The third-order valence-corrected chi connectivity index (χ3v) is 3.26. The van der Waals surface area contributed by atoms with Gasteiger partial charge < -0.3 is 10.1 Å². The van der Waals surface area contributed by atoms with Crippen LogP contribution in [-0.4, -0.2) is 24.3 Å². The van der Waals surface area contributed by atoms with E-state index in [1.165, 1.54) is 12.8 Å². The number of hydrogen-bond acceptors (Lipinski definition) is 2. The SMILES string of the molecule is CC1CC(NC2COC(C)(C)C2)C1. The van der Waals surface area contributed by atoms with Gasteiger partial charge in [-0.3, -0.25) is 0 Å². The van der Waals surface area contributed by atoms with Gasteiger partial charge in [-0.05, 0) is 39.0 Å². The molecule has 1 heterocycles. The van der Waals surface area contributed by atoms with Crippen molar-refractivity contribution < 1.29 is 4.74 Å². The van der Waals surface area contributed by atoms with Crippen LogP contribution in [0.2, 0.25) is 0 Å².